The Labute approximate surface area is 203 Å². The Morgan fingerprint density at radius 3 is 2.78 bits per heavy atom. The normalized spacial score (nSPS) is 11.2. The van der Waals surface area contributed by atoms with Crippen LogP contribution >= 0.6 is 34.4 Å². The van der Waals surface area contributed by atoms with Gasteiger partial charge >= 0.3 is 5.97 Å². The second kappa shape index (κ2) is 11.4. The van der Waals surface area contributed by atoms with Gasteiger partial charge in [-0.1, -0.05) is 13.0 Å². The number of rotatable bonds is 9. The zero-order chi connectivity index (χ0) is 23.1. The van der Waals surface area contributed by atoms with Crippen LogP contribution in [0, 0.1) is 3.57 Å². The van der Waals surface area contributed by atoms with E-state index in [4.69, 9.17) is 9.47 Å². The molecule has 0 atom stereocenters. The molecule has 0 aliphatic rings. The number of ether oxygens (including phenoxy) is 2. The minimum atomic E-state index is -0.356. The number of aromatic amines is 1. The van der Waals surface area contributed by atoms with Gasteiger partial charge in [0.1, 0.15) is 0 Å². The summed E-state index contributed by atoms with van der Waals surface area (Å²) in [5, 5.41) is 11.4. The predicted octanol–water partition coefficient (Wildman–Crippen LogP) is 4.51. The molecule has 3 rings (SSSR count). The number of hydrogen-bond acceptors (Lipinski definition) is 7. The van der Waals surface area contributed by atoms with E-state index in [1.54, 1.807) is 18.2 Å². The van der Waals surface area contributed by atoms with Gasteiger partial charge in [-0.15, -0.1) is 0 Å². The van der Waals surface area contributed by atoms with E-state index in [0.717, 1.165) is 15.6 Å². The van der Waals surface area contributed by atoms with Crippen LogP contribution in [-0.4, -0.2) is 40.9 Å². The van der Waals surface area contributed by atoms with E-state index >= 15 is 0 Å². The van der Waals surface area contributed by atoms with Crippen molar-refractivity contribution >= 4 is 57.3 Å². The number of halogens is 1. The van der Waals surface area contributed by atoms with Crippen molar-refractivity contribution in [1.82, 2.24) is 4.98 Å². The lowest BCUT2D eigenvalue weighted by atomic mass is 10.1. The Bertz CT molecular complexity index is 1210. The van der Waals surface area contributed by atoms with Crippen molar-refractivity contribution in [1.29, 1.82) is 0 Å². The standard InChI is InChI=1S/C23H23IN2O5S/c1-3-8-30-19-7-4-14(9-20(19)31-21(27)13-32-2)11-25-12-18-17-10-15(24)5-6-16(17)22(28)26-23(18)29/h4-7,9-10,12H,3,8,11,13H2,1-2H3,(H2,26,28,29). The van der Waals surface area contributed by atoms with Crippen LogP contribution in [0.15, 0.2) is 46.2 Å². The number of aromatic nitrogens is 1. The number of H-pyrrole nitrogens is 1. The van der Waals surface area contributed by atoms with Crippen LogP contribution in [0.4, 0.5) is 0 Å². The van der Waals surface area contributed by atoms with Gasteiger partial charge in [0.15, 0.2) is 11.5 Å². The first-order valence-corrected chi connectivity index (χ1v) is 12.4. The Hall–Kier alpha value is -2.53. The Morgan fingerprint density at radius 1 is 1.22 bits per heavy atom. The monoisotopic (exact) mass is 566 g/mol. The van der Waals surface area contributed by atoms with E-state index in [0.29, 0.717) is 34.4 Å². The molecule has 0 saturated heterocycles. The summed E-state index contributed by atoms with van der Waals surface area (Å²) in [5.41, 5.74) is 0.887. The molecule has 0 spiro atoms. The molecule has 32 heavy (non-hydrogen) atoms. The van der Waals surface area contributed by atoms with Gasteiger partial charge in [0.25, 0.3) is 5.56 Å². The molecule has 0 aliphatic carbocycles. The van der Waals surface area contributed by atoms with Crippen molar-refractivity contribution in [2.24, 2.45) is 4.99 Å². The number of carbonyl (C=O) groups excluding carboxylic acids is 1. The Kier molecular flexibility index (Phi) is 8.57. The second-order valence-corrected chi connectivity index (χ2v) is 9.02. The number of pyridine rings is 1. The number of benzene rings is 2. The van der Waals surface area contributed by atoms with Crippen LogP contribution in [0.2, 0.25) is 0 Å². The molecule has 9 heteroatoms. The van der Waals surface area contributed by atoms with Gasteiger partial charge in [-0.25, -0.2) is 0 Å². The molecule has 0 bridgehead atoms. The molecule has 1 heterocycles. The van der Waals surface area contributed by atoms with Crippen molar-refractivity contribution in [3.8, 4) is 17.4 Å². The van der Waals surface area contributed by atoms with Gasteiger partial charge in [0.2, 0.25) is 5.88 Å². The summed E-state index contributed by atoms with van der Waals surface area (Å²) >= 11 is 3.54. The van der Waals surface area contributed by atoms with Crippen LogP contribution in [0.25, 0.3) is 10.8 Å². The number of fused-ring (bicyclic) bond motifs is 1. The molecule has 0 amide bonds. The number of aromatic hydroxyl groups is 1. The van der Waals surface area contributed by atoms with E-state index in [-0.39, 0.29) is 29.7 Å². The maximum atomic E-state index is 12.1. The first-order chi connectivity index (χ1) is 15.4. The highest BCUT2D eigenvalue weighted by molar-refractivity contribution is 14.1. The predicted molar refractivity (Wildman–Crippen MR) is 136 cm³/mol. The van der Waals surface area contributed by atoms with Crippen molar-refractivity contribution < 1.29 is 19.4 Å². The number of nitrogens with zero attached hydrogens (tertiary/aromatic N) is 1. The maximum absolute atomic E-state index is 12.1. The first-order valence-electron chi connectivity index (χ1n) is 9.92. The summed E-state index contributed by atoms with van der Waals surface area (Å²) in [7, 11) is 0. The van der Waals surface area contributed by atoms with Crippen molar-refractivity contribution in [3.63, 3.8) is 0 Å². The highest BCUT2D eigenvalue weighted by Gasteiger charge is 2.12. The van der Waals surface area contributed by atoms with Crippen LogP contribution in [-0.2, 0) is 11.3 Å². The average Bonchev–Trinajstić information content (AvgIpc) is 2.75. The van der Waals surface area contributed by atoms with Gasteiger partial charge in [-0.2, -0.15) is 11.8 Å². The number of carbonyl (C=O) groups is 1. The van der Waals surface area contributed by atoms with E-state index in [1.165, 1.54) is 18.0 Å². The maximum Gasteiger partial charge on any atom is 0.321 e. The van der Waals surface area contributed by atoms with Gasteiger partial charge in [-0.3, -0.25) is 19.6 Å². The van der Waals surface area contributed by atoms with Crippen molar-refractivity contribution in [2.45, 2.75) is 19.9 Å². The fourth-order valence-electron chi connectivity index (χ4n) is 3.01. The van der Waals surface area contributed by atoms with Crippen LogP contribution in [0.1, 0.15) is 24.5 Å². The Morgan fingerprint density at radius 2 is 2.03 bits per heavy atom. The summed E-state index contributed by atoms with van der Waals surface area (Å²) in [6.45, 7) is 2.80. The summed E-state index contributed by atoms with van der Waals surface area (Å²) in [6, 6.07) is 10.7. The first kappa shape index (κ1) is 24.1. The molecule has 3 aromatic rings. The lowest BCUT2D eigenvalue weighted by molar-refractivity contribution is -0.131. The Balaban J connectivity index is 1.87. The topological polar surface area (TPSA) is 101 Å². The van der Waals surface area contributed by atoms with E-state index in [2.05, 4.69) is 32.6 Å². The minimum Gasteiger partial charge on any atom is -0.494 e. The molecule has 0 radical (unpaired) electrons. The van der Waals surface area contributed by atoms with Crippen LogP contribution < -0.4 is 15.0 Å². The highest BCUT2D eigenvalue weighted by atomic mass is 127. The highest BCUT2D eigenvalue weighted by Crippen LogP contribution is 2.30. The van der Waals surface area contributed by atoms with Gasteiger partial charge in [-0.05, 0) is 71.2 Å². The molecule has 2 N–H and O–H groups in total. The summed E-state index contributed by atoms with van der Waals surface area (Å²) in [6.07, 6.45) is 4.20. The zero-order valence-corrected chi connectivity index (χ0v) is 20.7. The van der Waals surface area contributed by atoms with Gasteiger partial charge in [0, 0.05) is 20.6 Å². The van der Waals surface area contributed by atoms with E-state index in [9.17, 15) is 14.7 Å². The minimum absolute atomic E-state index is 0.233. The van der Waals surface area contributed by atoms with Gasteiger partial charge < -0.3 is 14.6 Å². The molecule has 0 unspecified atom stereocenters. The van der Waals surface area contributed by atoms with Crippen molar-refractivity contribution in [3.05, 3.63) is 61.4 Å². The van der Waals surface area contributed by atoms with Gasteiger partial charge in [0.05, 0.1) is 24.5 Å². The summed E-state index contributed by atoms with van der Waals surface area (Å²) < 4.78 is 12.1. The summed E-state index contributed by atoms with van der Waals surface area (Å²) in [5.74, 6) is 0.527. The average molecular weight is 566 g/mol. The van der Waals surface area contributed by atoms with E-state index in [1.807, 2.05) is 31.4 Å². The van der Waals surface area contributed by atoms with E-state index < -0.39 is 0 Å². The molecule has 0 saturated carbocycles. The molecule has 168 valence electrons. The fraction of sp³-hybridized carbons (Fsp3) is 0.261. The molecule has 1 aromatic heterocycles. The van der Waals surface area contributed by atoms with Crippen LogP contribution in [0.5, 0.6) is 17.4 Å². The SMILES string of the molecule is CCCOc1ccc(CN=Cc2c(O)[nH]c(=O)c3ccc(I)cc23)cc1OC(=O)CSC. The molecular formula is C23H23IN2O5S. The lowest BCUT2D eigenvalue weighted by Gasteiger charge is -2.12. The fourth-order valence-corrected chi connectivity index (χ4v) is 3.80. The lowest BCUT2D eigenvalue weighted by Crippen LogP contribution is -2.12. The molecule has 7 nitrogen and oxygen atoms in total. The summed E-state index contributed by atoms with van der Waals surface area (Å²) in [4.78, 5) is 31.0. The largest absolute Gasteiger partial charge is 0.494 e. The zero-order valence-electron chi connectivity index (χ0n) is 17.7. The number of aliphatic imine (C=N–C) groups is 1. The second-order valence-electron chi connectivity index (χ2n) is 6.91. The number of nitrogens with one attached hydrogen (secondary N) is 1. The van der Waals surface area contributed by atoms with Crippen LogP contribution in [0.3, 0.4) is 0 Å². The quantitative estimate of drug-likeness (QED) is 0.171. The third kappa shape index (κ3) is 6.04. The molecule has 0 aliphatic heterocycles. The number of thioether (sulfide) groups is 1. The third-order valence-electron chi connectivity index (χ3n) is 4.45. The number of hydrogen-bond donors (Lipinski definition) is 2. The smallest absolute Gasteiger partial charge is 0.321 e. The number of esters is 1. The third-order valence-corrected chi connectivity index (χ3v) is 5.65. The molecule has 0 fully saturated rings. The molecule has 2 aromatic carbocycles. The molecular weight excluding hydrogens is 543 g/mol. The van der Waals surface area contributed by atoms with Crippen molar-refractivity contribution in [2.75, 3.05) is 18.6 Å².